The number of piperidine rings is 1. The molecule has 5 heteroatoms. The summed E-state index contributed by atoms with van der Waals surface area (Å²) in [4.78, 5) is 13.8. The fourth-order valence-corrected chi connectivity index (χ4v) is 2.21. The molecule has 0 saturated carbocycles. The second-order valence-electron chi connectivity index (χ2n) is 4.25. The molecule has 2 aliphatic rings. The number of hydrogen-bond acceptors (Lipinski definition) is 3. The molecular weight excluding hydrogens is 216 g/mol. The summed E-state index contributed by atoms with van der Waals surface area (Å²) in [5, 5.41) is 12.5. The van der Waals surface area contributed by atoms with Gasteiger partial charge >= 0.3 is 0 Å². The molecule has 0 aliphatic carbocycles. The van der Waals surface area contributed by atoms with E-state index >= 15 is 0 Å². The Morgan fingerprint density at radius 3 is 2.47 bits per heavy atom. The highest BCUT2D eigenvalue weighted by molar-refractivity contribution is 5.85. The highest BCUT2D eigenvalue weighted by Crippen LogP contribution is 2.16. The van der Waals surface area contributed by atoms with E-state index in [0.717, 1.165) is 45.4 Å². The molecule has 88 valence electrons. The smallest absolute Gasteiger partial charge is 0.227 e. The summed E-state index contributed by atoms with van der Waals surface area (Å²) in [7, 11) is 0. The van der Waals surface area contributed by atoms with Gasteiger partial charge in [-0.15, -0.1) is 12.4 Å². The van der Waals surface area contributed by atoms with Crippen LogP contribution in [0.1, 0.15) is 19.3 Å². The number of carbonyl (C=O) groups is 1. The van der Waals surface area contributed by atoms with Crippen molar-refractivity contribution in [3.63, 3.8) is 0 Å². The molecule has 2 heterocycles. The number of aliphatic hydroxyl groups excluding tert-OH is 1. The number of halogens is 1. The first-order valence-electron chi connectivity index (χ1n) is 5.45. The Morgan fingerprint density at radius 2 is 1.93 bits per heavy atom. The van der Waals surface area contributed by atoms with E-state index < -0.39 is 0 Å². The minimum Gasteiger partial charge on any atom is -0.393 e. The van der Waals surface area contributed by atoms with E-state index in [2.05, 4.69) is 5.32 Å². The van der Waals surface area contributed by atoms with Gasteiger partial charge in [-0.3, -0.25) is 4.79 Å². The lowest BCUT2D eigenvalue weighted by atomic mass is 10.0. The first-order valence-corrected chi connectivity index (χ1v) is 5.45. The Morgan fingerprint density at radius 1 is 1.27 bits per heavy atom. The van der Waals surface area contributed by atoms with Crippen molar-refractivity contribution in [3.05, 3.63) is 0 Å². The molecule has 1 amide bonds. The number of amides is 1. The zero-order chi connectivity index (χ0) is 9.97. The van der Waals surface area contributed by atoms with Gasteiger partial charge in [-0.1, -0.05) is 0 Å². The molecule has 2 aliphatic heterocycles. The quantitative estimate of drug-likeness (QED) is 0.672. The molecule has 0 bridgehead atoms. The van der Waals surface area contributed by atoms with E-state index in [1.807, 2.05) is 4.90 Å². The number of hydrogen-bond donors (Lipinski definition) is 2. The predicted molar refractivity (Wildman–Crippen MR) is 60.0 cm³/mol. The van der Waals surface area contributed by atoms with Gasteiger partial charge in [0.2, 0.25) is 5.91 Å². The molecule has 2 N–H and O–H groups in total. The summed E-state index contributed by atoms with van der Waals surface area (Å²) >= 11 is 0. The van der Waals surface area contributed by atoms with Gasteiger partial charge in [0.05, 0.1) is 12.0 Å². The lowest BCUT2D eigenvalue weighted by molar-refractivity contribution is -0.136. The van der Waals surface area contributed by atoms with Crippen LogP contribution < -0.4 is 5.32 Å². The first kappa shape index (κ1) is 12.7. The lowest BCUT2D eigenvalue weighted by Crippen LogP contribution is -2.43. The second kappa shape index (κ2) is 5.68. The van der Waals surface area contributed by atoms with E-state index in [4.69, 9.17) is 0 Å². The summed E-state index contributed by atoms with van der Waals surface area (Å²) in [6.45, 7) is 3.26. The molecule has 0 aromatic heterocycles. The number of carbonyl (C=O) groups excluding carboxylic acids is 1. The van der Waals surface area contributed by atoms with Gasteiger partial charge in [-0.2, -0.15) is 0 Å². The Labute approximate surface area is 96.4 Å². The molecule has 0 aromatic rings. The van der Waals surface area contributed by atoms with Crippen molar-refractivity contribution in [2.45, 2.75) is 25.4 Å². The molecule has 1 unspecified atom stereocenters. The topological polar surface area (TPSA) is 52.6 Å². The van der Waals surface area contributed by atoms with Crippen LogP contribution in [-0.2, 0) is 4.79 Å². The van der Waals surface area contributed by atoms with Crippen molar-refractivity contribution in [1.82, 2.24) is 10.2 Å². The van der Waals surface area contributed by atoms with Crippen molar-refractivity contribution < 1.29 is 9.90 Å². The van der Waals surface area contributed by atoms with Gasteiger partial charge in [0.25, 0.3) is 0 Å². The van der Waals surface area contributed by atoms with E-state index in [9.17, 15) is 9.90 Å². The fraction of sp³-hybridized carbons (Fsp3) is 0.900. The number of rotatable bonds is 1. The summed E-state index contributed by atoms with van der Waals surface area (Å²) < 4.78 is 0. The maximum atomic E-state index is 11.9. The Balaban J connectivity index is 0.00000112. The first-order chi connectivity index (χ1) is 6.77. The summed E-state index contributed by atoms with van der Waals surface area (Å²) in [6.07, 6.45) is 2.26. The van der Waals surface area contributed by atoms with E-state index in [-0.39, 0.29) is 30.3 Å². The average Bonchev–Trinajstić information content (AvgIpc) is 2.71. The molecular formula is C10H19ClN2O2. The van der Waals surface area contributed by atoms with Crippen molar-refractivity contribution in [2.75, 3.05) is 26.2 Å². The summed E-state index contributed by atoms with van der Waals surface area (Å²) in [5.41, 5.74) is 0. The SMILES string of the molecule is Cl.O=C(C1CCNC1)N1CCC(O)CC1. The van der Waals surface area contributed by atoms with Gasteiger partial charge in [-0.25, -0.2) is 0 Å². The van der Waals surface area contributed by atoms with Crippen LogP contribution in [0.4, 0.5) is 0 Å². The van der Waals surface area contributed by atoms with Gasteiger partial charge in [0, 0.05) is 19.6 Å². The predicted octanol–water partition coefficient (Wildman–Crippen LogP) is 0.001000. The third-order valence-electron chi connectivity index (χ3n) is 3.19. The van der Waals surface area contributed by atoms with Crippen molar-refractivity contribution in [2.24, 2.45) is 5.92 Å². The van der Waals surface area contributed by atoms with Crippen molar-refractivity contribution in [1.29, 1.82) is 0 Å². The summed E-state index contributed by atoms with van der Waals surface area (Å²) in [5.74, 6) is 0.465. The standard InChI is InChI=1S/C10H18N2O2.ClH/c13-9-2-5-12(6-3-9)10(14)8-1-4-11-7-8;/h8-9,11,13H,1-7H2;1H. The molecule has 4 nitrogen and oxygen atoms in total. The molecule has 2 fully saturated rings. The van der Waals surface area contributed by atoms with Gasteiger partial charge in [0.1, 0.15) is 0 Å². The van der Waals surface area contributed by atoms with Gasteiger partial charge in [0.15, 0.2) is 0 Å². The molecule has 2 rings (SSSR count). The molecule has 0 aromatic carbocycles. The monoisotopic (exact) mass is 234 g/mol. The third-order valence-corrected chi connectivity index (χ3v) is 3.19. The van der Waals surface area contributed by atoms with Crippen LogP contribution in [0.5, 0.6) is 0 Å². The van der Waals surface area contributed by atoms with E-state index in [0.29, 0.717) is 0 Å². The number of likely N-dealkylation sites (tertiary alicyclic amines) is 1. The lowest BCUT2D eigenvalue weighted by Gasteiger charge is -2.31. The largest absolute Gasteiger partial charge is 0.393 e. The van der Waals surface area contributed by atoms with Crippen LogP contribution in [0.2, 0.25) is 0 Å². The number of nitrogens with one attached hydrogen (secondary N) is 1. The summed E-state index contributed by atoms with van der Waals surface area (Å²) in [6, 6.07) is 0. The zero-order valence-electron chi connectivity index (χ0n) is 8.82. The average molecular weight is 235 g/mol. The Hall–Kier alpha value is -0.320. The maximum Gasteiger partial charge on any atom is 0.227 e. The minimum absolute atomic E-state index is 0. The van der Waals surface area contributed by atoms with Crippen LogP contribution in [0.25, 0.3) is 0 Å². The zero-order valence-corrected chi connectivity index (χ0v) is 9.63. The molecule has 0 spiro atoms. The maximum absolute atomic E-state index is 11.9. The van der Waals surface area contributed by atoms with Crippen LogP contribution in [-0.4, -0.2) is 48.2 Å². The minimum atomic E-state index is -0.194. The van der Waals surface area contributed by atoms with Gasteiger partial charge in [-0.05, 0) is 25.8 Å². The Bertz CT molecular complexity index is 211. The van der Waals surface area contributed by atoms with Crippen molar-refractivity contribution in [3.8, 4) is 0 Å². The normalized spacial score (nSPS) is 27.5. The van der Waals surface area contributed by atoms with E-state index in [1.54, 1.807) is 0 Å². The van der Waals surface area contributed by atoms with Crippen LogP contribution in [0, 0.1) is 5.92 Å². The highest BCUT2D eigenvalue weighted by atomic mass is 35.5. The number of nitrogens with zero attached hydrogens (tertiary/aromatic N) is 1. The molecule has 0 radical (unpaired) electrons. The van der Waals surface area contributed by atoms with Crippen molar-refractivity contribution >= 4 is 18.3 Å². The van der Waals surface area contributed by atoms with Gasteiger partial charge < -0.3 is 15.3 Å². The van der Waals surface area contributed by atoms with Crippen LogP contribution in [0.15, 0.2) is 0 Å². The fourth-order valence-electron chi connectivity index (χ4n) is 2.21. The van der Waals surface area contributed by atoms with Crippen LogP contribution in [0.3, 0.4) is 0 Å². The molecule has 15 heavy (non-hydrogen) atoms. The van der Waals surface area contributed by atoms with Crippen LogP contribution >= 0.6 is 12.4 Å². The molecule has 1 atom stereocenters. The third kappa shape index (κ3) is 3.06. The number of aliphatic hydroxyl groups is 1. The highest BCUT2D eigenvalue weighted by Gasteiger charge is 2.29. The molecule has 2 saturated heterocycles. The Kier molecular flexibility index (Phi) is 4.83. The van der Waals surface area contributed by atoms with E-state index in [1.165, 1.54) is 0 Å². The second-order valence-corrected chi connectivity index (χ2v) is 4.25.